The first-order chi connectivity index (χ1) is 14.7. The summed E-state index contributed by atoms with van der Waals surface area (Å²) in [6.45, 7) is 2.32. The molecule has 1 N–H and O–H groups in total. The molecule has 2 aromatic heterocycles. The molecular weight excluding hydrogens is 380 g/mol. The molecule has 1 unspecified atom stereocenters. The zero-order valence-electron chi connectivity index (χ0n) is 17.4. The molecule has 30 heavy (non-hydrogen) atoms. The smallest absolute Gasteiger partial charge is 0.273 e. The molecular formula is C23H26N4O3. The Labute approximate surface area is 175 Å². The van der Waals surface area contributed by atoms with Crippen molar-refractivity contribution in [2.45, 2.75) is 51.6 Å². The standard InChI is InChI=1S/C23H26N4O3/c1-14-12-17(26-30-14)13-27-22(16-6-4-3-5-7-16)19-20(24-25-21(19)23(27)28)15-8-10-18(29-2)11-9-15/h8-12,16,22H,3-7,13H2,1-2H3,(H,24,25). The van der Waals surface area contributed by atoms with Crippen molar-refractivity contribution in [1.29, 1.82) is 0 Å². The zero-order chi connectivity index (χ0) is 20.7. The van der Waals surface area contributed by atoms with Crippen molar-refractivity contribution in [1.82, 2.24) is 20.3 Å². The summed E-state index contributed by atoms with van der Waals surface area (Å²) in [5.74, 6) is 1.97. The molecule has 0 radical (unpaired) electrons. The molecule has 1 fully saturated rings. The van der Waals surface area contributed by atoms with Crippen molar-refractivity contribution in [2.24, 2.45) is 5.92 Å². The van der Waals surface area contributed by atoms with E-state index in [1.54, 1.807) is 7.11 Å². The Bertz CT molecular complexity index is 1050. The van der Waals surface area contributed by atoms with Gasteiger partial charge in [-0.1, -0.05) is 24.4 Å². The average molecular weight is 406 g/mol. The van der Waals surface area contributed by atoms with Crippen molar-refractivity contribution >= 4 is 5.91 Å². The van der Waals surface area contributed by atoms with Gasteiger partial charge in [-0.2, -0.15) is 5.10 Å². The fraction of sp³-hybridized carbons (Fsp3) is 0.435. The quantitative estimate of drug-likeness (QED) is 0.666. The molecule has 1 saturated carbocycles. The van der Waals surface area contributed by atoms with Gasteiger partial charge in [0, 0.05) is 17.2 Å². The van der Waals surface area contributed by atoms with Crippen LogP contribution in [0.15, 0.2) is 34.9 Å². The summed E-state index contributed by atoms with van der Waals surface area (Å²) in [6.07, 6.45) is 5.93. The van der Waals surface area contributed by atoms with E-state index in [4.69, 9.17) is 9.26 Å². The minimum Gasteiger partial charge on any atom is -0.497 e. The van der Waals surface area contributed by atoms with Gasteiger partial charge in [-0.3, -0.25) is 9.89 Å². The van der Waals surface area contributed by atoms with Gasteiger partial charge in [0.25, 0.3) is 5.91 Å². The van der Waals surface area contributed by atoms with Gasteiger partial charge in [-0.15, -0.1) is 0 Å². The third-order valence-corrected chi connectivity index (χ3v) is 6.38. The van der Waals surface area contributed by atoms with E-state index in [9.17, 15) is 4.79 Å². The maximum absolute atomic E-state index is 13.4. The van der Waals surface area contributed by atoms with Crippen LogP contribution < -0.4 is 4.74 Å². The van der Waals surface area contributed by atoms with Gasteiger partial charge in [0.1, 0.15) is 22.9 Å². The second-order valence-electron chi connectivity index (χ2n) is 8.29. The summed E-state index contributed by atoms with van der Waals surface area (Å²) in [5, 5.41) is 11.7. The van der Waals surface area contributed by atoms with Crippen LogP contribution in [0.5, 0.6) is 5.75 Å². The van der Waals surface area contributed by atoms with Crippen molar-refractivity contribution in [2.75, 3.05) is 7.11 Å². The van der Waals surface area contributed by atoms with E-state index in [0.717, 1.165) is 46.9 Å². The number of aryl methyl sites for hydroxylation is 1. The highest BCUT2D eigenvalue weighted by Crippen LogP contribution is 2.47. The number of nitrogens with zero attached hydrogens (tertiary/aromatic N) is 3. The second-order valence-corrected chi connectivity index (χ2v) is 8.29. The topological polar surface area (TPSA) is 84.2 Å². The number of amides is 1. The van der Waals surface area contributed by atoms with Crippen molar-refractivity contribution in [3.8, 4) is 17.0 Å². The summed E-state index contributed by atoms with van der Waals surface area (Å²) in [7, 11) is 1.66. The molecule has 3 heterocycles. The Hall–Kier alpha value is -3.09. The van der Waals surface area contributed by atoms with Gasteiger partial charge in [0.15, 0.2) is 0 Å². The van der Waals surface area contributed by atoms with Crippen LogP contribution in [0, 0.1) is 12.8 Å². The number of aromatic amines is 1. The highest BCUT2D eigenvalue weighted by atomic mass is 16.5. The molecule has 1 aromatic carbocycles. The van der Waals surface area contributed by atoms with E-state index in [2.05, 4.69) is 15.4 Å². The molecule has 1 aliphatic carbocycles. The number of carbonyl (C=O) groups is 1. The molecule has 156 valence electrons. The van der Waals surface area contributed by atoms with Crippen LogP contribution in [0.1, 0.15) is 65.7 Å². The number of H-pyrrole nitrogens is 1. The molecule has 2 aliphatic rings. The monoisotopic (exact) mass is 406 g/mol. The molecule has 0 bridgehead atoms. The fourth-order valence-corrected chi connectivity index (χ4v) is 4.97. The lowest BCUT2D eigenvalue weighted by Gasteiger charge is -2.34. The minimum atomic E-state index is -0.00603. The number of hydrogen-bond acceptors (Lipinski definition) is 5. The summed E-state index contributed by atoms with van der Waals surface area (Å²) >= 11 is 0. The van der Waals surface area contributed by atoms with E-state index in [1.807, 2.05) is 42.2 Å². The molecule has 1 aliphatic heterocycles. The summed E-state index contributed by atoms with van der Waals surface area (Å²) in [4.78, 5) is 15.3. The number of fused-ring (bicyclic) bond motifs is 1. The maximum Gasteiger partial charge on any atom is 0.273 e. The summed E-state index contributed by atoms with van der Waals surface area (Å²) < 4.78 is 10.5. The number of rotatable bonds is 5. The van der Waals surface area contributed by atoms with Gasteiger partial charge in [0.2, 0.25) is 0 Å². The summed E-state index contributed by atoms with van der Waals surface area (Å²) in [5.41, 5.74) is 4.26. The van der Waals surface area contributed by atoms with Crippen molar-refractivity contribution < 1.29 is 14.1 Å². The number of nitrogens with one attached hydrogen (secondary N) is 1. The van der Waals surface area contributed by atoms with Crippen LogP contribution in [-0.2, 0) is 6.54 Å². The summed E-state index contributed by atoms with van der Waals surface area (Å²) in [6, 6.07) is 9.77. The van der Waals surface area contributed by atoms with Crippen LogP contribution in [-0.4, -0.2) is 33.3 Å². The highest BCUT2D eigenvalue weighted by Gasteiger charge is 2.45. The number of aromatic nitrogens is 3. The van der Waals surface area contributed by atoms with Crippen LogP contribution in [0.2, 0.25) is 0 Å². The van der Waals surface area contributed by atoms with E-state index < -0.39 is 0 Å². The Balaban J connectivity index is 1.56. The predicted octanol–water partition coefficient (Wildman–Crippen LogP) is 4.66. The van der Waals surface area contributed by atoms with E-state index >= 15 is 0 Å². The van der Waals surface area contributed by atoms with Crippen LogP contribution in [0.4, 0.5) is 0 Å². The maximum atomic E-state index is 13.4. The van der Waals surface area contributed by atoms with Crippen molar-refractivity contribution in [3.05, 3.63) is 53.0 Å². The first-order valence-electron chi connectivity index (χ1n) is 10.6. The van der Waals surface area contributed by atoms with Crippen LogP contribution in [0.3, 0.4) is 0 Å². The third kappa shape index (κ3) is 3.18. The lowest BCUT2D eigenvalue weighted by atomic mass is 9.80. The van der Waals surface area contributed by atoms with Gasteiger partial charge in [0.05, 0.1) is 25.4 Å². The Morgan fingerprint density at radius 1 is 1.20 bits per heavy atom. The SMILES string of the molecule is COc1ccc(-c2n[nH]c3c2C(C2CCCCC2)N(Cc2cc(C)on2)C3=O)cc1. The Morgan fingerprint density at radius 2 is 1.97 bits per heavy atom. The number of methoxy groups -OCH3 is 1. The normalized spacial score (nSPS) is 19.3. The fourth-order valence-electron chi connectivity index (χ4n) is 4.97. The molecule has 1 amide bonds. The lowest BCUT2D eigenvalue weighted by Crippen LogP contribution is -2.33. The Kier molecular flexibility index (Phi) is 4.81. The van der Waals surface area contributed by atoms with E-state index in [0.29, 0.717) is 18.2 Å². The average Bonchev–Trinajstić information content (AvgIpc) is 3.46. The molecule has 1 atom stereocenters. The predicted molar refractivity (Wildman–Crippen MR) is 111 cm³/mol. The van der Waals surface area contributed by atoms with Crippen molar-refractivity contribution in [3.63, 3.8) is 0 Å². The lowest BCUT2D eigenvalue weighted by molar-refractivity contribution is 0.0602. The molecule has 7 heteroatoms. The molecule has 3 aromatic rings. The largest absolute Gasteiger partial charge is 0.497 e. The molecule has 0 spiro atoms. The number of hydrogen-bond donors (Lipinski definition) is 1. The van der Waals surface area contributed by atoms with Crippen LogP contribution in [0.25, 0.3) is 11.3 Å². The minimum absolute atomic E-state index is 0.000609. The Morgan fingerprint density at radius 3 is 2.63 bits per heavy atom. The van der Waals surface area contributed by atoms with Gasteiger partial charge >= 0.3 is 0 Å². The number of ether oxygens (including phenoxy) is 1. The number of benzene rings is 1. The first-order valence-corrected chi connectivity index (χ1v) is 10.6. The van der Waals surface area contributed by atoms with Gasteiger partial charge in [-0.25, -0.2) is 0 Å². The van der Waals surface area contributed by atoms with E-state index in [1.165, 1.54) is 19.3 Å². The molecule has 7 nitrogen and oxygen atoms in total. The third-order valence-electron chi connectivity index (χ3n) is 6.38. The zero-order valence-corrected chi connectivity index (χ0v) is 17.4. The molecule has 5 rings (SSSR count). The molecule has 0 saturated heterocycles. The highest BCUT2D eigenvalue weighted by molar-refractivity contribution is 5.99. The first kappa shape index (κ1) is 18.9. The van der Waals surface area contributed by atoms with E-state index in [-0.39, 0.29) is 11.9 Å². The van der Waals surface area contributed by atoms with Crippen LogP contribution >= 0.6 is 0 Å². The number of carbonyl (C=O) groups excluding carboxylic acids is 1. The van der Waals surface area contributed by atoms with Gasteiger partial charge < -0.3 is 14.2 Å². The van der Waals surface area contributed by atoms with Gasteiger partial charge in [-0.05, 0) is 49.9 Å². The second kappa shape index (κ2) is 7.63.